The van der Waals surface area contributed by atoms with Gasteiger partial charge in [0, 0.05) is 22.3 Å². The van der Waals surface area contributed by atoms with Gasteiger partial charge in [0.25, 0.3) is 0 Å². The minimum Gasteiger partial charge on any atom is -0.332 e. The lowest BCUT2D eigenvalue weighted by atomic mass is 9.94. The van der Waals surface area contributed by atoms with E-state index >= 15 is 0 Å². The van der Waals surface area contributed by atoms with E-state index in [-0.39, 0.29) is 30.3 Å². The Morgan fingerprint density at radius 3 is 2.34 bits per heavy atom. The second-order valence-corrected chi connectivity index (χ2v) is 9.33. The average Bonchev–Trinajstić information content (AvgIpc) is 3.17. The zero-order valence-corrected chi connectivity index (χ0v) is 18.6. The summed E-state index contributed by atoms with van der Waals surface area (Å²) in [6.45, 7) is 3.26. The number of benzene rings is 1. The van der Waals surface area contributed by atoms with E-state index in [4.69, 9.17) is 11.6 Å². The third kappa shape index (κ3) is 6.31. The third-order valence-electron chi connectivity index (χ3n) is 5.47. The number of nitrogens with zero attached hydrogens (tertiary/aromatic N) is 2. The quantitative estimate of drug-likeness (QED) is 0.551. The predicted molar refractivity (Wildman–Crippen MR) is 119 cm³/mol. The van der Waals surface area contributed by atoms with E-state index in [0.717, 1.165) is 36.1 Å². The van der Waals surface area contributed by atoms with Crippen molar-refractivity contribution in [3.8, 4) is 0 Å². The van der Waals surface area contributed by atoms with Crippen molar-refractivity contribution in [3.63, 3.8) is 0 Å². The Labute approximate surface area is 182 Å². The molecular formula is C23H29ClN2O2S. The van der Waals surface area contributed by atoms with Gasteiger partial charge < -0.3 is 9.80 Å². The van der Waals surface area contributed by atoms with Crippen LogP contribution in [0.2, 0.25) is 0 Å². The second kappa shape index (κ2) is 10.8. The van der Waals surface area contributed by atoms with E-state index in [1.165, 1.54) is 11.3 Å². The molecule has 2 amide bonds. The molecule has 1 heterocycles. The van der Waals surface area contributed by atoms with Crippen molar-refractivity contribution in [1.82, 2.24) is 9.80 Å². The highest BCUT2D eigenvalue weighted by molar-refractivity contribution is 7.11. The summed E-state index contributed by atoms with van der Waals surface area (Å²) in [5.41, 5.74) is 1.09. The molecule has 1 saturated carbocycles. The normalized spacial score (nSPS) is 14.6. The van der Waals surface area contributed by atoms with E-state index < -0.39 is 0 Å². The molecule has 1 aliphatic carbocycles. The number of carbonyl (C=O) groups is 2. The third-order valence-corrected chi connectivity index (χ3v) is 6.68. The number of alkyl halides is 1. The predicted octanol–water partition coefficient (Wildman–Crippen LogP) is 4.99. The van der Waals surface area contributed by atoms with Crippen LogP contribution in [0.1, 0.15) is 47.4 Å². The van der Waals surface area contributed by atoms with Gasteiger partial charge in [0.2, 0.25) is 11.8 Å². The standard InChI is InChI=1S/C23H29ClN2O2S/c1-18-12-13-21(29-18)16-25(15-19-8-4-2-5-9-19)23(28)17-26(22(27)14-24)20-10-6-3-7-11-20/h2,4-5,8-9,12-13,20H,3,6-7,10-11,14-17H2,1H3. The van der Waals surface area contributed by atoms with Crippen LogP contribution >= 0.6 is 22.9 Å². The van der Waals surface area contributed by atoms with Gasteiger partial charge in [-0.3, -0.25) is 9.59 Å². The summed E-state index contributed by atoms with van der Waals surface area (Å²) in [6, 6.07) is 14.3. The summed E-state index contributed by atoms with van der Waals surface area (Å²) < 4.78 is 0. The van der Waals surface area contributed by atoms with Crippen LogP contribution in [0.4, 0.5) is 0 Å². The minimum atomic E-state index is -0.140. The molecule has 2 aromatic rings. The molecule has 0 spiro atoms. The molecule has 0 radical (unpaired) electrons. The first-order chi connectivity index (χ1) is 14.1. The first-order valence-electron chi connectivity index (χ1n) is 10.3. The SMILES string of the molecule is Cc1ccc(CN(Cc2ccccc2)C(=O)CN(C(=O)CCl)C2CCCCC2)s1. The molecule has 4 nitrogen and oxygen atoms in total. The lowest BCUT2D eigenvalue weighted by Gasteiger charge is -2.35. The van der Waals surface area contributed by atoms with E-state index in [9.17, 15) is 9.59 Å². The van der Waals surface area contributed by atoms with Gasteiger partial charge in [-0.2, -0.15) is 0 Å². The fraction of sp³-hybridized carbons (Fsp3) is 0.478. The molecule has 0 aliphatic heterocycles. The van der Waals surface area contributed by atoms with Crippen LogP contribution in [-0.2, 0) is 22.7 Å². The smallest absolute Gasteiger partial charge is 0.242 e. The average molecular weight is 433 g/mol. The summed E-state index contributed by atoms with van der Waals surface area (Å²) in [6.07, 6.45) is 5.32. The van der Waals surface area contributed by atoms with Crippen LogP contribution in [0, 0.1) is 6.92 Å². The Bertz CT molecular complexity index is 802. The van der Waals surface area contributed by atoms with Crippen LogP contribution in [0.15, 0.2) is 42.5 Å². The zero-order valence-electron chi connectivity index (χ0n) is 17.0. The summed E-state index contributed by atoms with van der Waals surface area (Å²) in [7, 11) is 0. The Kier molecular flexibility index (Phi) is 8.13. The molecule has 1 aromatic carbocycles. The Morgan fingerprint density at radius 1 is 1.00 bits per heavy atom. The van der Waals surface area contributed by atoms with Gasteiger partial charge in [0.15, 0.2) is 0 Å². The maximum Gasteiger partial charge on any atom is 0.242 e. The van der Waals surface area contributed by atoms with E-state index in [0.29, 0.717) is 13.1 Å². The first kappa shape index (κ1) is 21.8. The fourth-order valence-corrected chi connectivity index (χ4v) is 4.99. The van der Waals surface area contributed by atoms with Gasteiger partial charge in [-0.25, -0.2) is 0 Å². The summed E-state index contributed by atoms with van der Waals surface area (Å²) in [5.74, 6) is -0.241. The maximum absolute atomic E-state index is 13.3. The Hall–Kier alpha value is -1.85. The maximum atomic E-state index is 13.3. The Morgan fingerprint density at radius 2 is 1.72 bits per heavy atom. The molecule has 29 heavy (non-hydrogen) atoms. The highest BCUT2D eigenvalue weighted by atomic mass is 35.5. The first-order valence-corrected chi connectivity index (χ1v) is 11.6. The lowest BCUT2D eigenvalue weighted by molar-refractivity contribution is -0.142. The number of halogens is 1. The highest BCUT2D eigenvalue weighted by Crippen LogP contribution is 2.24. The van der Waals surface area contributed by atoms with Crippen molar-refractivity contribution < 1.29 is 9.59 Å². The van der Waals surface area contributed by atoms with Crippen LogP contribution < -0.4 is 0 Å². The van der Waals surface area contributed by atoms with Gasteiger partial charge in [0.05, 0.1) is 6.54 Å². The summed E-state index contributed by atoms with van der Waals surface area (Å²) in [4.78, 5) is 31.8. The van der Waals surface area contributed by atoms with Crippen molar-refractivity contribution >= 4 is 34.8 Å². The highest BCUT2D eigenvalue weighted by Gasteiger charge is 2.28. The number of carbonyl (C=O) groups excluding carboxylic acids is 2. The second-order valence-electron chi connectivity index (χ2n) is 7.69. The lowest BCUT2D eigenvalue weighted by Crippen LogP contribution is -2.48. The summed E-state index contributed by atoms with van der Waals surface area (Å²) >= 11 is 7.58. The zero-order chi connectivity index (χ0) is 20.6. The minimum absolute atomic E-state index is 0.0241. The van der Waals surface area contributed by atoms with Crippen molar-refractivity contribution in [2.24, 2.45) is 0 Å². The van der Waals surface area contributed by atoms with Crippen LogP contribution in [0.3, 0.4) is 0 Å². The molecule has 0 bridgehead atoms. The number of thiophene rings is 1. The molecule has 1 fully saturated rings. The van der Waals surface area contributed by atoms with Crippen LogP contribution in [0.25, 0.3) is 0 Å². The molecule has 6 heteroatoms. The van der Waals surface area contributed by atoms with E-state index in [1.54, 1.807) is 16.2 Å². The fourth-order valence-electron chi connectivity index (χ4n) is 3.93. The number of hydrogen-bond donors (Lipinski definition) is 0. The van der Waals surface area contributed by atoms with E-state index in [2.05, 4.69) is 19.1 Å². The molecule has 156 valence electrons. The molecule has 0 saturated heterocycles. The molecule has 1 aliphatic rings. The number of hydrogen-bond acceptors (Lipinski definition) is 3. The summed E-state index contributed by atoms with van der Waals surface area (Å²) in [5, 5.41) is 0. The molecule has 0 atom stereocenters. The topological polar surface area (TPSA) is 40.6 Å². The molecule has 0 N–H and O–H groups in total. The van der Waals surface area contributed by atoms with Crippen LogP contribution in [-0.4, -0.2) is 40.1 Å². The van der Waals surface area contributed by atoms with Gasteiger partial charge in [-0.05, 0) is 37.5 Å². The number of amides is 2. The van der Waals surface area contributed by atoms with Crippen molar-refractivity contribution in [2.45, 2.75) is 58.2 Å². The molecule has 1 aromatic heterocycles. The largest absolute Gasteiger partial charge is 0.332 e. The van der Waals surface area contributed by atoms with Crippen molar-refractivity contribution in [1.29, 1.82) is 0 Å². The van der Waals surface area contributed by atoms with Crippen LogP contribution in [0.5, 0.6) is 0 Å². The monoisotopic (exact) mass is 432 g/mol. The number of rotatable bonds is 8. The molecular weight excluding hydrogens is 404 g/mol. The van der Waals surface area contributed by atoms with Crippen molar-refractivity contribution in [3.05, 3.63) is 57.8 Å². The van der Waals surface area contributed by atoms with E-state index in [1.807, 2.05) is 35.2 Å². The Balaban J connectivity index is 1.76. The van der Waals surface area contributed by atoms with Gasteiger partial charge in [-0.1, -0.05) is 49.6 Å². The van der Waals surface area contributed by atoms with Gasteiger partial charge in [-0.15, -0.1) is 22.9 Å². The molecule has 0 unspecified atom stereocenters. The van der Waals surface area contributed by atoms with Gasteiger partial charge >= 0.3 is 0 Å². The number of aryl methyl sites for hydroxylation is 1. The van der Waals surface area contributed by atoms with Crippen molar-refractivity contribution in [2.75, 3.05) is 12.4 Å². The molecule has 3 rings (SSSR count). The van der Waals surface area contributed by atoms with Gasteiger partial charge in [0.1, 0.15) is 12.4 Å².